The van der Waals surface area contributed by atoms with Crippen LogP contribution in [0.3, 0.4) is 0 Å². The lowest BCUT2D eigenvalue weighted by Gasteiger charge is -2.07. The van der Waals surface area contributed by atoms with Gasteiger partial charge in [0.25, 0.3) is 10.0 Å². The average molecular weight is 283 g/mol. The minimum absolute atomic E-state index is 0.0796. The summed E-state index contributed by atoms with van der Waals surface area (Å²) < 4.78 is 41.4. The van der Waals surface area contributed by atoms with Crippen LogP contribution in [0.25, 0.3) is 0 Å². The van der Waals surface area contributed by atoms with Crippen molar-refractivity contribution in [3.63, 3.8) is 0 Å². The number of aryl methyl sites for hydroxylation is 3. The van der Waals surface area contributed by atoms with Crippen LogP contribution in [-0.2, 0) is 17.1 Å². The van der Waals surface area contributed by atoms with E-state index in [1.54, 1.807) is 20.9 Å². The van der Waals surface area contributed by atoms with Gasteiger partial charge in [0.1, 0.15) is 10.7 Å². The molecule has 0 unspecified atom stereocenters. The highest BCUT2D eigenvalue weighted by Crippen LogP contribution is 2.20. The van der Waals surface area contributed by atoms with Gasteiger partial charge in [0.05, 0.1) is 11.4 Å². The number of rotatable bonds is 3. The maximum absolute atomic E-state index is 13.4. The molecule has 0 atom stereocenters. The van der Waals surface area contributed by atoms with Crippen LogP contribution in [0, 0.1) is 19.7 Å². The number of nitrogens with zero attached hydrogens (tertiary/aromatic N) is 2. The van der Waals surface area contributed by atoms with Gasteiger partial charge in [-0.15, -0.1) is 0 Å². The van der Waals surface area contributed by atoms with E-state index in [2.05, 4.69) is 9.82 Å². The number of hydrogen-bond donors (Lipinski definition) is 1. The lowest BCUT2D eigenvalue weighted by molar-refractivity contribution is 0.600. The highest BCUT2D eigenvalue weighted by atomic mass is 32.2. The molecule has 1 heterocycles. The second-order valence-corrected chi connectivity index (χ2v) is 5.97. The molecule has 102 valence electrons. The van der Waals surface area contributed by atoms with Crippen molar-refractivity contribution >= 4 is 15.7 Å². The quantitative estimate of drug-likeness (QED) is 0.936. The molecule has 0 bridgehead atoms. The molecule has 1 aromatic heterocycles. The first-order valence-electron chi connectivity index (χ1n) is 5.59. The Labute approximate surface area is 111 Å². The summed E-state index contributed by atoms with van der Waals surface area (Å²) in [6.07, 6.45) is 1.40. The number of benzene rings is 1. The number of hydrogen-bond acceptors (Lipinski definition) is 3. The predicted molar refractivity (Wildman–Crippen MR) is 69.9 cm³/mol. The highest BCUT2D eigenvalue weighted by Gasteiger charge is 2.20. The third kappa shape index (κ3) is 2.76. The molecule has 0 amide bonds. The van der Waals surface area contributed by atoms with Crippen molar-refractivity contribution in [2.24, 2.45) is 7.05 Å². The van der Waals surface area contributed by atoms with Crippen LogP contribution in [0.2, 0.25) is 0 Å². The van der Waals surface area contributed by atoms with Gasteiger partial charge in [0.2, 0.25) is 0 Å². The molecule has 0 aliphatic carbocycles. The molecule has 19 heavy (non-hydrogen) atoms. The minimum Gasteiger partial charge on any atom is -0.279 e. The lowest BCUT2D eigenvalue weighted by Crippen LogP contribution is -2.13. The molecule has 0 fully saturated rings. The largest absolute Gasteiger partial charge is 0.279 e. The molecular weight excluding hydrogens is 269 g/mol. The summed E-state index contributed by atoms with van der Waals surface area (Å²) in [6.45, 7) is 3.21. The van der Waals surface area contributed by atoms with Gasteiger partial charge in [0.15, 0.2) is 0 Å². The van der Waals surface area contributed by atoms with Crippen LogP contribution in [0.5, 0.6) is 0 Å². The second kappa shape index (κ2) is 4.65. The van der Waals surface area contributed by atoms with Crippen LogP contribution in [-0.4, -0.2) is 18.2 Å². The number of sulfonamides is 1. The maximum atomic E-state index is 13.4. The topological polar surface area (TPSA) is 64.0 Å². The number of aromatic nitrogens is 2. The summed E-state index contributed by atoms with van der Waals surface area (Å²) in [5.74, 6) is -0.455. The smallest absolute Gasteiger partial charge is 0.265 e. The van der Waals surface area contributed by atoms with Gasteiger partial charge >= 0.3 is 0 Å². The Kier molecular flexibility index (Phi) is 3.32. The molecule has 0 aliphatic heterocycles. The van der Waals surface area contributed by atoms with Crippen LogP contribution in [0.4, 0.5) is 10.1 Å². The Morgan fingerprint density at radius 2 is 2.00 bits per heavy atom. The SMILES string of the molecule is Cc1ccc(NS(=O)(=O)c2cn(C)nc2C)cc1F. The summed E-state index contributed by atoms with van der Waals surface area (Å²) in [5.41, 5.74) is 1.04. The molecule has 0 saturated carbocycles. The fourth-order valence-electron chi connectivity index (χ4n) is 1.71. The van der Waals surface area contributed by atoms with E-state index >= 15 is 0 Å². The third-order valence-corrected chi connectivity index (χ3v) is 4.17. The van der Waals surface area contributed by atoms with Crippen molar-refractivity contribution in [3.05, 3.63) is 41.5 Å². The number of anilines is 1. The fourth-order valence-corrected chi connectivity index (χ4v) is 2.98. The van der Waals surface area contributed by atoms with Crippen molar-refractivity contribution in [1.29, 1.82) is 0 Å². The van der Waals surface area contributed by atoms with Crippen LogP contribution in [0.15, 0.2) is 29.3 Å². The Bertz CT molecular complexity index is 723. The van der Waals surface area contributed by atoms with Gasteiger partial charge in [0, 0.05) is 13.2 Å². The van der Waals surface area contributed by atoms with Crippen LogP contribution in [0.1, 0.15) is 11.3 Å². The molecule has 0 radical (unpaired) electrons. The molecule has 2 rings (SSSR count). The van der Waals surface area contributed by atoms with Crippen LogP contribution < -0.4 is 4.72 Å². The first-order valence-corrected chi connectivity index (χ1v) is 7.07. The van der Waals surface area contributed by atoms with E-state index < -0.39 is 15.8 Å². The zero-order chi connectivity index (χ0) is 14.2. The van der Waals surface area contributed by atoms with E-state index in [0.29, 0.717) is 11.3 Å². The predicted octanol–water partition coefficient (Wildman–Crippen LogP) is 1.98. The van der Waals surface area contributed by atoms with Gasteiger partial charge in [-0.05, 0) is 31.5 Å². The van der Waals surface area contributed by atoms with E-state index in [0.717, 1.165) is 6.07 Å². The monoisotopic (exact) mass is 283 g/mol. The highest BCUT2D eigenvalue weighted by molar-refractivity contribution is 7.92. The minimum atomic E-state index is -3.75. The zero-order valence-corrected chi connectivity index (χ0v) is 11.6. The van der Waals surface area contributed by atoms with Crippen molar-refractivity contribution in [3.8, 4) is 0 Å². The van der Waals surface area contributed by atoms with Crippen molar-refractivity contribution in [1.82, 2.24) is 9.78 Å². The molecule has 5 nitrogen and oxygen atoms in total. The van der Waals surface area contributed by atoms with E-state index in [1.165, 1.54) is 23.0 Å². The van der Waals surface area contributed by atoms with Gasteiger partial charge in [-0.1, -0.05) is 6.07 Å². The Hall–Kier alpha value is -1.89. The van der Waals surface area contributed by atoms with Gasteiger partial charge in [-0.3, -0.25) is 9.40 Å². The first-order chi connectivity index (χ1) is 8.79. The molecule has 0 saturated heterocycles. The Morgan fingerprint density at radius 3 is 2.53 bits per heavy atom. The third-order valence-electron chi connectivity index (χ3n) is 2.68. The van der Waals surface area contributed by atoms with Gasteiger partial charge in [-0.25, -0.2) is 12.8 Å². The summed E-state index contributed by atoms with van der Waals surface area (Å²) in [4.78, 5) is 0.0796. The lowest BCUT2D eigenvalue weighted by atomic mass is 10.2. The van der Waals surface area contributed by atoms with Crippen molar-refractivity contribution in [2.45, 2.75) is 18.7 Å². The Morgan fingerprint density at radius 1 is 1.32 bits per heavy atom. The van der Waals surface area contributed by atoms with Crippen molar-refractivity contribution in [2.75, 3.05) is 4.72 Å². The van der Waals surface area contributed by atoms with E-state index in [4.69, 9.17) is 0 Å². The number of nitrogens with one attached hydrogen (secondary N) is 1. The van der Waals surface area contributed by atoms with Gasteiger partial charge in [-0.2, -0.15) is 5.10 Å². The molecule has 7 heteroatoms. The molecule has 1 aromatic carbocycles. The van der Waals surface area contributed by atoms with Crippen LogP contribution >= 0.6 is 0 Å². The normalized spacial score (nSPS) is 11.6. The van der Waals surface area contributed by atoms with E-state index in [-0.39, 0.29) is 10.6 Å². The first kappa shape index (κ1) is 13.5. The zero-order valence-electron chi connectivity index (χ0n) is 10.8. The maximum Gasteiger partial charge on any atom is 0.265 e. The van der Waals surface area contributed by atoms with E-state index in [9.17, 15) is 12.8 Å². The van der Waals surface area contributed by atoms with Gasteiger partial charge < -0.3 is 0 Å². The average Bonchev–Trinajstić information content (AvgIpc) is 2.63. The standard InChI is InChI=1S/C12H14FN3O2S/c1-8-4-5-10(6-11(8)13)15-19(17,18)12-7-16(3)14-9(12)2/h4-7,15H,1-3H3. The van der Waals surface area contributed by atoms with E-state index in [1.807, 2.05) is 0 Å². The summed E-state index contributed by atoms with van der Waals surface area (Å²) in [6, 6.07) is 4.18. The number of halogens is 1. The summed E-state index contributed by atoms with van der Waals surface area (Å²) >= 11 is 0. The summed E-state index contributed by atoms with van der Waals surface area (Å²) in [7, 11) is -2.12. The molecule has 1 N–H and O–H groups in total. The second-order valence-electron chi connectivity index (χ2n) is 4.32. The fraction of sp³-hybridized carbons (Fsp3) is 0.250. The Balaban J connectivity index is 2.36. The molecule has 0 aliphatic rings. The molecule has 2 aromatic rings. The van der Waals surface area contributed by atoms with Crippen molar-refractivity contribution < 1.29 is 12.8 Å². The molecular formula is C12H14FN3O2S. The summed E-state index contributed by atoms with van der Waals surface area (Å²) in [5, 5.41) is 3.97. The molecule has 0 spiro atoms.